The molecular weight excluding hydrogens is 531 g/mol. The van der Waals surface area contributed by atoms with Crippen LogP contribution in [-0.4, -0.2) is 35.5 Å². The van der Waals surface area contributed by atoms with E-state index in [2.05, 4.69) is 31.3 Å². The summed E-state index contributed by atoms with van der Waals surface area (Å²) in [5.74, 6) is 0.156. The fourth-order valence-electron chi connectivity index (χ4n) is 3.44. The number of nitrogens with zero attached hydrogens (tertiary/aromatic N) is 3. The SMILES string of the molecule is CCc1nc2ccc(Br)cc2c(=O)n1N=Cc1ccc(OCC(=O)Nc2ccccc2F)c(OC)c1. The van der Waals surface area contributed by atoms with Crippen molar-refractivity contribution in [2.24, 2.45) is 5.10 Å². The lowest BCUT2D eigenvalue weighted by Crippen LogP contribution is -2.22. The van der Waals surface area contributed by atoms with Gasteiger partial charge in [0.05, 0.1) is 29.9 Å². The van der Waals surface area contributed by atoms with Crippen molar-refractivity contribution in [3.63, 3.8) is 0 Å². The van der Waals surface area contributed by atoms with Gasteiger partial charge in [0.2, 0.25) is 0 Å². The van der Waals surface area contributed by atoms with Crippen LogP contribution in [0, 0.1) is 5.82 Å². The molecule has 4 aromatic rings. The molecule has 0 fully saturated rings. The minimum Gasteiger partial charge on any atom is -0.493 e. The zero-order valence-electron chi connectivity index (χ0n) is 19.5. The Hall–Kier alpha value is -4.05. The highest BCUT2D eigenvalue weighted by atomic mass is 79.9. The molecule has 10 heteroatoms. The van der Waals surface area contributed by atoms with Gasteiger partial charge in [-0.3, -0.25) is 9.59 Å². The summed E-state index contributed by atoms with van der Waals surface area (Å²) in [6.45, 7) is 1.56. The van der Waals surface area contributed by atoms with Crippen LogP contribution in [-0.2, 0) is 11.2 Å². The van der Waals surface area contributed by atoms with Gasteiger partial charge in [0.1, 0.15) is 11.6 Å². The van der Waals surface area contributed by atoms with Gasteiger partial charge in [-0.05, 0) is 54.1 Å². The molecule has 36 heavy (non-hydrogen) atoms. The molecule has 4 rings (SSSR count). The van der Waals surface area contributed by atoms with Gasteiger partial charge in [-0.25, -0.2) is 9.37 Å². The smallest absolute Gasteiger partial charge is 0.282 e. The summed E-state index contributed by atoms with van der Waals surface area (Å²) in [5, 5.41) is 7.28. The summed E-state index contributed by atoms with van der Waals surface area (Å²) in [6, 6.07) is 16.2. The fourth-order valence-corrected chi connectivity index (χ4v) is 3.80. The lowest BCUT2D eigenvalue weighted by atomic mass is 10.2. The predicted molar refractivity (Wildman–Crippen MR) is 140 cm³/mol. The Morgan fingerprint density at radius 2 is 1.97 bits per heavy atom. The number of halogens is 2. The average Bonchev–Trinajstić information content (AvgIpc) is 2.88. The minimum absolute atomic E-state index is 0.0712. The molecule has 1 aromatic heterocycles. The highest BCUT2D eigenvalue weighted by molar-refractivity contribution is 9.10. The van der Waals surface area contributed by atoms with Crippen LogP contribution in [0.1, 0.15) is 18.3 Å². The van der Waals surface area contributed by atoms with Crippen LogP contribution in [0.4, 0.5) is 10.1 Å². The molecule has 0 bridgehead atoms. The van der Waals surface area contributed by atoms with Gasteiger partial charge < -0.3 is 14.8 Å². The van der Waals surface area contributed by atoms with Crippen molar-refractivity contribution in [2.75, 3.05) is 19.0 Å². The Bertz CT molecular complexity index is 1520. The predicted octanol–water partition coefficient (Wildman–Crippen LogP) is 4.77. The highest BCUT2D eigenvalue weighted by Crippen LogP contribution is 2.27. The number of fused-ring (bicyclic) bond motifs is 1. The number of ether oxygens (including phenoxy) is 2. The summed E-state index contributed by atoms with van der Waals surface area (Å²) in [5.41, 5.74) is 1.04. The molecule has 1 amide bonds. The number of para-hydroxylation sites is 1. The molecule has 1 heterocycles. The second-order valence-electron chi connectivity index (χ2n) is 7.63. The minimum atomic E-state index is -0.536. The van der Waals surface area contributed by atoms with Crippen LogP contribution in [0.25, 0.3) is 10.9 Å². The molecular formula is C26H22BrFN4O4. The second-order valence-corrected chi connectivity index (χ2v) is 8.55. The van der Waals surface area contributed by atoms with Crippen molar-refractivity contribution in [3.05, 3.63) is 92.7 Å². The molecule has 0 radical (unpaired) electrons. The van der Waals surface area contributed by atoms with E-state index in [0.717, 1.165) is 4.47 Å². The van der Waals surface area contributed by atoms with Crippen LogP contribution < -0.4 is 20.3 Å². The van der Waals surface area contributed by atoms with Gasteiger partial charge in [-0.15, -0.1) is 0 Å². The van der Waals surface area contributed by atoms with E-state index in [1.807, 2.05) is 13.0 Å². The number of methoxy groups -OCH3 is 1. The van der Waals surface area contributed by atoms with Crippen molar-refractivity contribution >= 4 is 44.6 Å². The standard InChI is InChI=1S/C26H22BrFN4O4/c1-3-24-30-20-10-9-17(27)13-18(20)26(34)32(24)29-14-16-8-11-22(23(12-16)35-2)36-15-25(33)31-21-7-5-4-6-19(21)28/h4-14H,3,15H2,1-2H3,(H,31,33). The molecule has 0 aliphatic carbocycles. The maximum atomic E-state index is 13.7. The second kappa shape index (κ2) is 11.1. The number of anilines is 1. The van der Waals surface area contributed by atoms with Gasteiger partial charge in [-0.1, -0.05) is 35.0 Å². The van der Waals surface area contributed by atoms with Crippen LogP contribution in [0.2, 0.25) is 0 Å². The third kappa shape index (κ3) is 5.60. The third-order valence-electron chi connectivity index (χ3n) is 5.21. The van der Waals surface area contributed by atoms with Gasteiger partial charge >= 0.3 is 0 Å². The van der Waals surface area contributed by atoms with E-state index in [0.29, 0.717) is 40.2 Å². The molecule has 0 aliphatic heterocycles. The van der Waals surface area contributed by atoms with Crippen molar-refractivity contribution < 1.29 is 18.7 Å². The highest BCUT2D eigenvalue weighted by Gasteiger charge is 2.12. The number of nitrogens with one attached hydrogen (secondary N) is 1. The number of hydrogen-bond donors (Lipinski definition) is 1. The first-order valence-electron chi connectivity index (χ1n) is 11.0. The number of amides is 1. The lowest BCUT2D eigenvalue weighted by Gasteiger charge is -2.12. The first-order valence-corrected chi connectivity index (χ1v) is 11.8. The summed E-state index contributed by atoms with van der Waals surface area (Å²) in [4.78, 5) is 29.8. The lowest BCUT2D eigenvalue weighted by molar-refractivity contribution is -0.118. The Balaban J connectivity index is 1.52. The van der Waals surface area contributed by atoms with E-state index in [4.69, 9.17) is 9.47 Å². The van der Waals surface area contributed by atoms with Crippen molar-refractivity contribution in [2.45, 2.75) is 13.3 Å². The number of carbonyl (C=O) groups excluding carboxylic acids is 1. The number of aryl methyl sites for hydroxylation is 1. The molecule has 1 N–H and O–H groups in total. The monoisotopic (exact) mass is 552 g/mol. The van der Waals surface area contributed by atoms with Crippen molar-refractivity contribution in [3.8, 4) is 11.5 Å². The first kappa shape index (κ1) is 25.1. The van der Waals surface area contributed by atoms with Crippen LogP contribution >= 0.6 is 15.9 Å². The number of rotatable bonds is 8. The Morgan fingerprint density at radius 1 is 1.17 bits per heavy atom. The number of benzene rings is 3. The molecule has 0 saturated heterocycles. The summed E-state index contributed by atoms with van der Waals surface area (Å²) < 4.78 is 26.7. The fraction of sp³-hybridized carbons (Fsp3) is 0.154. The van der Waals surface area contributed by atoms with E-state index < -0.39 is 11.7 Å². The zero-order chi connectivity index (χ0) is 25.7. The number of aromatic nitrogens is 2. The number of hydrogen-bond acceptors (Lipinski definition) is 6. The molecule has 0 aliphatic rings. The van der Waals surface area contributed by atoms with E-state index >= 15 is 0 Å². The van der Waals surface area contributed by atoms with Crippen LogP contribution in [0.3, 0.4) is 0 Å². The van der Waals surface area contributed by atoms with E-state index in [9.17, 15) is 14.0 Å². The largest absolute Gasteiger partial charge is 0.493 e. The van der Waals surface area contributed by atoms with Gasteiger partial charge in [0.25, 0.3) is 11.5 Å². The molecule has 184 valence electrons. The van der Waals surface area contributed by atoms with Crippen molar-refractivity contribution in [1.82, 2.24) is 9.66 Å². The molecule has 0 atom stereocenters. The third-order valence-corrected chi connectivity index (χ3v) is 5.70. The Labute approximate surface area is 214 Å². The van der Waals surface area contributed by atoms with Crippen molar-refractivity contribution in [1.29, 1.82) is 0 Å². The quantitative estimate of drug-likeness (QED) is 0.318. The molecule has 0 saturated carbocycles. The molecule has 8 nitrogen and oxygen atoms in total. The normalized spacial score (nSPS) is 11.1. The maximum absolute atomic E-state index is 13.7. The Morgan fingerprint density at radius 3 is 2.72 bits per heavy atom. The zero-order valence-corrected chi connectivity index (χ0v) is 21.1. The Kier molecular flexibility index (Phi) is 7.74. The summed E-state index contributed by atoms with van der Waals surface area (Å²) in [6.07, 6.45) is 2.03. The molecule has 0 unspecified atom stereocenters. The maximum Gasteiger partial charge on any atom is 0.282 e. The topological polar surface area (TPSA) is 94.8 Å². The average molecular weight is 553 g/mol. The van der Waals surface area contributed by atoms with E-state index in [1.165, 1.54) is 36.2 Å². The summed E-state index contributed by atoms with van der Waals surface area (Å²) in [7, 11) is 1.47. The van der Waals surface area contributed by atoms with Gasteiger partial charge in [-0.2, -0.15) is 9.78 Å². The van der Waals surface area contributed by atoms with Crippen LogP contribution in [0.15, 0.2) is 75.0 Å². The molecule has 3 aromatic carbocycles. The van der Waals surface area contributed by atoms with E-state index in [1.54, 1.807) is 36.4 Å². The first-order chi connectivity index (χ1) is 17.4. The number of carbonyl (C=O) groups is 1. The van der Waals surface area contributed by atoms with Gasteiger partial charge in [0.15, 0.2) is 18.1 Å². The molecule has 0 spiro atoms. The summed E-state index contributed by atoms with van der Waals surface area (Å²) >= 11 is 3.38. The van der Waals surface area contributed by atoms with Crippen LogP contribution in [0.5, 0.6) is 11.5 Å². The van der Waals surface area contributed by atoms with E-state index in [-0.39, 0.29) is 17.9 Å². The van der Waals surface area contributed by atoms with Gasteiger partial charge in [0, 0.05) is 10.9 Å².